The summed E-state index contributed by atoms with van der Waals surface area (Å²) in [6.07, 6.45) is 9.13. The predicted octanol–water partition coefficient (Wildman–Crippen LogP) is 4.10. The number of fused-ring (bicyclic) bond motifs is 1. The second-order valence-electron chi connectivity index (χ2n) is 7.25. The Kier molecular flexibility index (Phi) is 4.04. The van der Waals surface area contributed by atoms with Crippen molar-refractivity contribution in [3.8, 4) is 17.0 Å². The maximum atomic E-state index is 5.37. The summed E-state index contributed by atoms with van der Waals surface area (Å²) in [6, 6.07) is 14.1. The summed E-state index contributed by atoms with van der Waals surface area (Å²) in [6.45, 7) is 0. The maximum Gasteiger partial charge on any atom is 0.122 e. The molecule has 0 bridgehead atoms. The van der Waals surface area contributed by atoms with Crippen LogP contribution in [0.2, 0.25) is 0 Å². The third-order valence-corrected chi connectivity index (χ3v) is 5.57. The average molecular weight is 370 g/mol. The molecule has 0 spiro atoms. The molecule has 3 aromatic heterocycles. The van der Waals surface area contributed by atoms with E-state index in [2.05, 4.69) is 31.8 Å². The van der Waals surface area contributed by atoms with Gasteiger partial charge in [-0.15, -0.1) is 0 Å². The van der Waals surface area contributed by atoms with Gasteiger partial charge in [0, 0.05) is 35.0 Å². The zero-order chi connectivity index (χ0) is 19.0. The van der Waals surface area contributed by atoms with Gasteiger partial charge >= 0.3 is 0 Å². The SMILES string of the molecule is COc1ccnc(C2([CH]c3ccc(-c4ccc5cn[nH]c5c4)nn3)CCC2)c1. The molecule has 0 amide bonds. The fourth-order valence-corrected chi connectivity index (χ4v) is 3.80. The zero-order valence-corrected chi connectivity index (χ0v) is 15.6. The Morgan fingerprint density at radius 3 is 2.75 bits per heavy atom. The molecule has 0 aliphatic heterocycles. The minimum Gasteiger partial charge on any atom is -0.497 e. The molecule has 1 aliphatic rings. The molecule has 1 fully saturated rings. The standard InChI is InChI=1S/C22H20N5O/c1-28-18-7-10-23-21(12-18)22(8-2-9-22)13-17-5-6-19(27-25-17)15-3-4-16-14-24-26-20(16)11-15/h3-7,10-14H,2,8-9H2,1H3,(H,24,26). The van der Waals surface area contributed by atoms with Gasteiger partial charge in [0.25, 0.3) is 0 Å². The van der Waals surface area contributed by atoms with E-state index in [9.17, 15) is 0 Å². The molecule has 4 aromatic rings. The average Bonchev–Trinajstić information content (AvgIpc) is 3.19. The summed E-state index contributed by atoms with van der Waals surface area (Å²) < 4.78 is 5.37. The summed E-state index contributed by atoms with van der Waals surface area (Å²) in [5.74, 6) is 0.834. The van der Waals surface area contributed by atoms with E-state index in [1.54, 1.807) is 7.11 Å². The monoisotopic (exact) mass is 370 g/mol. The van der Waals surface area contributed by atoms with Crippen LogP contribution >= 0.6 is 0 Å². The largest absolute Gasteiger partial charge is 0.497 e. The number of methoxy groups -OCH3 is 1. The van der Waals surface area contributed by atoms with Gasteiger partial charge in [0.15, 0.2) is 0 Å². The molecule has 28 heavy (non-hydrogen) atoms. The highest BCUT2D eigenvalue weighted by molar-refractivity contribution is 5.82. The van der Waals surface area contributed by atoms with Crippen molar-refractivity contribution in [2.75, 3.05) is 7.11 Å². The number of nitrogens with one attached hydrogen (secondary N) is 1. The number of ether oxygens (including phenoxy) is 1. The minimum atomic E-state index is -0.0838. The highest BCUT2D eigenvalue weighted by Crippen LogP contribution is 2.47. The third kappa shape index (κ3) is 2.91. The summed E-state index contributed by atoms with van der Waals surface area (Å²) in [5.41, 5.74) is 4.68. The first-order valence-electron chi connectivity index (χ1n) is 9.39. The molecule has 1 aromatic carbocycles. The van der Waals surface area contributed by atoms with Crippen LogP contribution < -0.4 is 4.74 Å². The number of hydrogen-bond acceptors (Lipinski definition) is 5. The van der Waals surface area contributed by atoms with Crippen molar-refractivity contribution >= 4 is 10.9 Å². The van der Waals surface area contributed by atoms with Gasteiger partial charge < -0.3 is 4.74 Å². The molecule has 1 N–H and O–H groups in total. The lowest BCUT2D eigenvalue weighted by Gasteiger charge is -2.41. The van der Waals surface area contributed by atoms with Crippen molar-refractivity contribution in [2.45, 2.75) is 24.7 Å². The molecule has 6 heteroatoms. The molecule has 5 rings (SSSR count). The fraction of sp³-hybridized carbons (Fsp3) is 0.227. The molecular formula is C22H20N5O. The molecule has 0 unspecified atom stereocenters. The molecule has 1 radical (unpaired) electrons. The number of rotatable bonds is 5. The Labute approximate surface area is 163 Å². The van der Waals surface area contributed by atoms with E-state index in [1.807, 2.05) is 54.9 Å². The predicted molar refractivity (Wildman–Crippen MR) is 107 cm³/mol. The van der Waals surface area contributed by atoms with E-state index in [-0.39, 0.29) is 5.41 Å². The summed E-state index contributed by atoms with van der Waals surface area (Å²) in [7, 11) is 1.68. The number of aromatic nitrogens is 5. The molecule has 0 saturated heterocycles. The molecule has 6 nitrogen and oxygen atoms in total. The Morgan fingerprint density at radius 2 is 2.00 bits per heavy atom. The first kappa shape index (κ1) is 16.9. The lowest BCUT2D eigenvalue weighted by atomic mass is 9.64. The normalized spacial score (nSPS) is 15.3. The lowest BCUT2D eigenvalue weighted by Crippen LogP contribution is -2.36. The van der Waals surface area contributed by atoms with E-state index in [1.165, 1.54) is 6.42 Å². The van der Waals surface area contributed by atoms with Crippen molar-refractivity contribution < 1.29 is 4.74 Å². The smallest absolute Gasteiger partial charge is 0.122 e. The van der Waals surface area contributed by atoms with Gasteiger partial charge in [-0.05, 0) is 37.1 Å². The van der Waals surface area contributed by atoms with Crippen LogP contribution in [0.3, 0.4) is 0 Å². The highest BCUT2D eigenvalue weighted by atomic mass is 16.5. The molecule has 0 atom stereocenters. The quantitative estimate of drug-likeness (QED) is 0.572. The van der Waals surface area contributed by atoms with Gasteiger partial charge in [0.1, 0.15) is 5.75 Å². The number of nitrogens with zero attached hydrogens (tertiary/aromatic N) is 4. The Morgan fingerprint density at radius 1 is 1.07 bits per heavy atom. The Bertz CT molecular complexity index is 1120. The second kappa shape index (κ2) is 6.71. The van der Waals surface area contributed by atoms with Crippen molar-refractivity contribution in [3.05, 3.63) is 72.7 Å². The van der Waals surface area contributed by atoms with Gasteiger partial charge in [-0.3, -0.25) is 10.1 Å². The zero-order valence-electron chi connectivity index (χ0n) is 15.6. The second-order valence-corrected chi connectivity index (χ2v) is 7.25. The number of aromatic amines is 1. The van der Waals surface area contributed by atoms with Gasteiger partial charge in [0.2, 0.25) is 0 Å². The van der Waals surface area contributed by atoms with Crippen LogP contribution in [0.5, 0.6) is 5.75 Å². The van der Waals surface area contributed by atoms with Crippen LogP contribution in [0.1, 0.15) is 30.7 Å². The summed E-state index contributed by atoms with van der Waals surface area (Å²) in [5, 5.41) is 17.1. The third-order valence-electron chi connectivity index (χ3n) is 5.57. The van der Waals surface area contributed by atoms with Crippen LogP contribution in [0.25, 0.3) is 22.2 Å². The highest BCUT2D eigenvalue weighted by Gasteiger charge is 2.41. The number of hydrogen-bond donors (Lipinski definition) is 1. The van der Waals surface area contributed by atoms with Crippen LogP contribution in [-0.4, -0.2) is 32.5 Å². The van der Waals surface area contributed by atoms with Crippen molar-refractivity contribution in [1.29, 1.82) is 0 Å². The molecule has 139 valence electrons. The van der Waals surface area contributed by atoms with Gasteiger partial charge in [0.05, 0.1) is 35.9 Å². The van der Waals surface area contributed by atoms with Crippen molar-refractivity contribution in [1.82, 2.24) is 25.4 Å². The Balaban J connectivity index is 1.40. The van der Waals surface area contributed by atoms with Gasteiger partial charge in [-0.2, -0.15) is 15.3 Å². The first-order valence-corrected chi connectivity index (χ1v) is 9.39. The fourth-order valence-electron chi connectivity index (χ4n) is 3.80. The Hall–Kier alpha value is -3.28. The molecular weight excluding hydrogens is 350 g/mol. The van der Waals surface area contributed by atoms with Gasteiger partial charge in [-0.25, -0.2) is 0 Å². The van der Waals surface area contributed by atoms with Crippen LogP contribution in [0.4, 0.5) is 0 Å². The molecule has 1 aliphatic carbocycles. The van der Waals surface area contributed by atoms with Crippen LogP contribution in [0.15, 0.2) is 54.9 Å². The van der Waals surface area contributed by atoms with Crippen LogP contribution in [-0.2, 0) is 5.41 Å². The van der Waals surface area contributed by atoms with Crippen molar-refractivity contribution in [2.24, 2.45) is 0 Å². The number of benzene rings is 1. The minimum absolute atomic E-state index is 0.0838. The van der Waals surface area contributed by atoms with E-state index < -0.39 is 0 Å². The van der Waals surface area contributed by atoms with Gasteiger partial charge in [-0.1, -0.05) is 18.6 Å². The summed E-state index contributed by atoms with van der Waals surface area (Å²) >= 11 is 0. The topological polar surface area (TPSA) is 76.6 Å². The number of pyridine rings is 1. The molecule has 3 heterocycles. The molecule has 1 saturated carbocycles. The van der Waals surface area contributed by atoms with E-state index in [4.69, 9.17) is 4.74 Å². The van der Waals surface area contributed by atoms with E-state index >= 15 is 0 Å². The van der Waals surface area contributed by atoms with Crippen molar-refractivity contribution in [3.63, 3.8) is 0 Å². The first-order chi connectivity index (χ1) is 13.8. The summed E-state index contributed by atoms with van der Waals surface area (Å²) in [4.78, 5) is 4.60. The lowest BCUT2D eigenvalue weighted by molar-refractivity contribution is 0.283. The number of H-pyrrole nitrogens is 1. The van der Waals surface area contributed by atoms with E-state index in [0.29, 0.717) is 0 Å². The van der Waals surface area contributed by atoms with Crippen LogP contribution in [0, 0.1) is 6.42 Å². The maximum absolute atomic E-state index is 5.37. The van der Waals surface area contributed by atoms with E-state index in [0.717, 1.165) is 52.1 Å².